The largest absolute Gasteiger partial charge is 0.388 e. The summed E-state index contributed by atoms with van der Waals surface area (Å²) in [6.45, 7) is 2.08. The van der Waals surface area contributed by atoms with E-state index in [-0.39, 0.29) is 0 Å². The lowest BCUT2D eigenvalue weighted by molar-refractivity contribution is 0.176. The minimum absolute atomic E-state index is 0.488. The molecule has 1 aromatic heterocycles. The van der Waals surface area contributed by atoms with E-state index >= 15 is 0 Å². The van der Waals surface area contributed by atoms with Crippen LogP contribution in [-0.4, -0.2) is 14.9 Å². The smallest absolute Gasteiger partial charge is 0.0845 e. The third-order valence-corrected chi connectivity index (χ3v) is 3.58. The summed E-state index contributed by atoms with van der Waals surface area (Å²) in [4.78, 5) is 0. The molecule has 0 radical (unpaired) electrons. The van der Waals surface area contributed by atoms with Crippen LogP contribution in [0, 0.1) is 0 Å². The molecule has 1 aromatic carbocycles. The SMILES string of the molecule is CCc1cc(CC(O)c2ccc(Br)cc2)n(C)n1. The highest BCUT2D eigenvalue weighted by molar-refractivity contribution is 9.10. The van der Waals surface area contributed by atoms with Crippen LogP contribution in [0.2, 0.25) is 0 Å². The van der Waals surface area contributed by atoms with Crippen molar-refractivity contribution >= 4 is 15.9 Å². The zero-order valence-corrected chi connectivity index (χ0v) is 12.2. The van der Waals surface area contributed by atoms with Crippen molar-refractivity contribution in [3.63, 3.8) is 0 Å². The van der Waals surface area contributed by atoms with Crippen molar-refractivity contribution in [3.8, 4) is 0 Å². The van der Waals surface area contributed by atoms with Crippen LogP contribution in [-0.2, 0) is 19.9 Å². The maximum Gasteiger partial charge on any atom is 0.0845 e. The predicted molar refractivity (Wildman–Crippen MR) is 75.4 cm³/mol. The Morgan fingerprint density at radius 3 is 2.56 bits per heavy atom. The molecule has 0 aliphatic rings. The third kappa shape index (κ3) is 3.00. The summed E-state index contributed by atoms with van der Waals surface area (Å²) in [5, 5.41) is 14.6. The van der Waals surface area contributed by atoms with Gasteiger partial charge in [0.25, 0.3) is 0 Å². The first-order valence-electron chi connectivity index (χ1n) is 6.05. The van der Waals surface area contributed by atoms with Gasteiger partial charge in [-0.2, -0.15) is 5.10 Å². The maximum atomic E-state index is 10.2. The molecule has 0 saturated heterocycles. The van der Waals surface area contributed by atoms with Crippen LogP contribution < -0.4 is 0 Å². The molecule has 2 rings (SSSR count). The van der Waals surface area contributed by atoms with Gasteiger partial charge in [-0.15, -0.1) is 0 Å². The van der Waals surface area contributed by atoms with Crippen LogP contribution in [0.5, 0.6) is 0 Å². The molecule has 96 valence electrons. The van der Waals surface area contributed by atoms with Crippen LogP contribution in [0.4, 0.5) is 0 Å². The summed E-state index contributed by atoms with van der Waals surface area (Å²) in [5.41, 5.74) is 3.05. The van der Waals surface area contributed by atoms with Crippen molar-refractivity contribution in [1.82, 2.24) is 9.78 Å². The van der Waals surface area contributed by atoms with Gasteiger partial charge in [0, 0.05) is 23.6 Å². The summed E-state index contributed by atoms with van der Waals surface area (Å²) >= 11 is 3.39. The van der Waals surface area contributed by atoms with E-state index in [0.717, 1.165) is 27.8 Å². The summed E-state index contributed by atoms with van der Waals surface area (Å²) in [6, 6.07) is 9.82. The molecule has 4 heteroatoms. The highest BCUT2D eigenvalue weighted by Crippen LogP contribution is 2.20. The number of aromatic nitrogens is 2. The standard InChI is InChI=1S/C14H17BrN2O/c1-3-12-8-13(17(2)16-12)9-14(18)10-4-6-11(15)7-5-10/h4-8,14,18H,3,9H2,1-2H3. The van der Waals surface area contributed by atoms with Gasteiger partial charge in [-0.05, 0) is 30.2 Å². The Morgan fingerprint density at radius 2 is 2.00 bits per heavy atom. The molecule has 2 aromatic rings. The van der Waals surface area contributed by atoms with E-state index in [0.29, 0.717) is 6.42 Å². The molecule has 0 aliphatic heterocycles. The summed E-state index contributed by atoms with van der Waals surface area (Å²) in [6.07, 6.45) is 1.02. The second kappa shape index (κ2) is 5.67. The first-order chi connectivity index (χ1) is 8.60. The van der Waals surface area contributed by atoms with E-state index in [1.165, 1.54) is 0 Å². The monoisotopic (exact) mass is 308 g/mol. The zero-order chi connectivity index (χ0) is 13.1. The van der Waals surface area contributed by atoms with Gasteiger partial charge in [0.15, 0.2) is 0 Å². The molecule has 1 atom stereocenters. The minimum atomic E-state index is -0.488. The quantitative estimate of drug-likeness (QED) is 0.943. The van der Waals surface area contributed by atoms with Crippen molar-refractivity contribution in [2.75, 3.05) is 0 Å². The Kier molecular flexibility index (Phi) is 4.19. The second-order valence-corrected chi connectivity index (χ2v) is 5.29. The number of hydrogen-bond acceptors (Lipinski definition) is 2. The van der Waals surface area contributed by atoms with Crippen molar-refractivity contribution in [2.45, 2.75) is 25.9 Å². The summed E-state index contributed by atoms with van der Waals surface area (Å²) in [5.74, 6) is 0. The number of aryl methyl sites for hydroxylation is 2. The van der Waals surface area contributed by atoms with Gasteiger partial charge in [-0.3, -0.25) is 4.68 Å². The molecule has 0 bridgehead atoms. The average molecular weight is 309 g/mol. The predicted octanol–water partition coefficient (Wildman–Crippen LogP) is 3.02. The lowest BCUT2D eigenvalue weighted by atomic mass is 10.0. The fraction of sp³-hybridized carbons (Fsp3) is 0.357. The first kappa shape index (κ1) is 13.3. The van der Waals surface area contributed by atoms with Gasteiger partial charge in [-0.25, -0.2) is 0 Å². The highest BCUT2D eigenvalue weighted by Gasteiger charge is 2.12. The molecule has 18 heavy (non-hydrogen) atoms. The lowest BCUT2D eigenvalue weighted by Crippen LogP contribution is -2.06. The zero-order valence-electron chi connectivity index (χ0n) is 10.6. The van der Waals surface area contributed by atoms with Gasteiger partial charge >= 0.3 is 0 Å². The number of rotatable bonds is 4. The lowest BCUT2D eigenvalue weighted by Gasteiger charge is -2.11. The van der Waals surface area contributed by atoms with E-state index in [1.54, 1.807) is 0 Å². The number of aliphatic hydroxyl groups excluding tert-OH is 1. The van der Waals surface area contributed by atoms with Crippen LogP contribution in [0.15, 0.2) is 34.8 Å². The number of aliphatic hydroxyl groups is 1. The van der Waals surface area contributed by atoms with Crippen molar-refractivity contribution in [2.24, 2.45) is 7.05 Å². The van der Waals surface area contributed by atoms with Gasteiger partial charge in [0.1, 0.15) is 0 Å². The molecule has 0 fully saturated rings. The average Bonchev–Trinajstić information content (AvgIpc) is 2.71. The molecule has 3 nitrogen and oxygen atoms in total. The van der Waals surface area contributed by atoms with E-state index in [4.69, 9.17) is 0 Å². The Morgan fingerprint density at radius 1 is 1.33 bits per heavy atom. The molecule has 1 N–H and O–H groups in total. The third-order valence-electron chi connectivity index (χ3n) is 3.05. The number of nitrogens with zero attached hydrogens (tertiary/aromatic N) is 2. The Labute approximate surface area is 116 Å². The van der Waals surface area contributed by atoms with E-state index in [2.05, 4.69) is 34.0 Å². The number of benzene rings is 1. The minimum Gasteiger partial charge on any atom is -0.388 e. The van der Waals surface area contributed by atoms with E-state index < -0.39 is 6.10 Å². The fourth-order valence-corrected chi connectivity index (χ4v) is 2.20. The Bertz CT molecular complexity index is 519. The fourth-order valence-electron chi connectivity index (χ4n) is 1.94. The van der Waals surface area contributed by atoms with E-state index in [9.17, 15) is 5.11 Å². The first-order valence-corrected chi connectivity index (χ1v) is 6.84. The van der Waals surface area contributed by atoms with E-state index in [1.807, 2.05) is 36.0 Å². The second-order valence-electron chi connectivity index (χ2n) is 4.38. The van der Waals surface area contributed by atoms with Gasteiger partial charge in [-0.1, -0.05) is 35.0 Å². The molecule has 0 amide bonds. The molecule has 1 unspecified atom stereocenters. The van der Waals surface area contributed by atoms with Crippen molar-refractivity contribution in [1.29, 1.82) is 0 Å². The molecule has 0 aliphatic carbocycles. The topological polar surface area (TPSA) is 38.0 Å². The van der Waals surface area contributed by atoms with Gasteiger partial charge in [0.05, 0.1) is 11.8 Å². The maximum absolute atomic E-state index is 10.2. The van der Waals surface area contributed by atoms with Crippen LogP contribution in [0.25, 0.3) is 0 Å². The molecule has 1 heterocycles. The van der Waals surface area contributed by atoms with Crippen LogP contribution in [0.1, 0.15) is 30.0 Å². The van der Waals surface area contributed by atoms with Crippen molar-refractivity contribution < 1.29 is 5.11 Å². The Balaban J connectivity index is 2.13. The van der Waals surface area contributed by atoms with Crippen molar-refractivity contribution in [3.05, 3.63) is 51.8 Å². The summed E-state index contributed by atoms with van der Waals surface area (Å²) < 4.78 is 2.87. The molecule has 0 spiro atoms. The van der Waals surface area contributed by atoms with Crippen LogP contribution >= 0.6 is 15.9 Å². The van der Waals surface area contributed by atoms with Gasteiger partial charge < -0.3 is 5.11 Å². The normalized spacial score (nSPS) is 12.7. The highest BCUT2D eigenvalue weighted by atomic mass is 79.9. The Hall–Kier alpha value is -1.13. The molecular formula is C14H17BrN2O. The molecular weight excluding hydrogens is 292 g/mol. The number of hydrogen-bond donors (Lipinski definition) is 1. The van der Waals surface area contributed by atoms with Crippen LogP contribution in [0.3, 0.4) is 0 Å². The number of halogens is 1. The van der Waals surface area contributed by atoms with Gasteiger partial charge in [0.2, 0.25) is 0 Å². The summed E-state index contributed by atoms with van der Waals surface area (Å²) in [7, 11) is 1.92. The molecule has 0 saturated carbocycles.